The molecule has 0 heterocycles. The lowest BCUT2D eigenvalue weighted by Gasteiger charge is -2.04. The van der Waals surface area contributed by atoms with E-state index >= 15 is 0 Å². The topological polar surface area (TPSA) is 29.1 Å². The van der Waals surface area contributed by atoms with E-state index in [-0.39, 0.29) is 11.8 Å². The SMILES string of the molecule is O=C(Nc1ccccc1)[C@@H]1[C@H]2C=CCCCC[C@@H]21. The van der Waals surface area contributed by atoms with Crippen molar-refractivity contribution in [3.05, 3.63) is 42.5 Å². The van der Waals surface area contributed by atoms with Crippen molar-refractivity contribution < 1.29 is 4.79 Å². The number of allylic oxidation sites excluding steroid dienone is 2. The zero-order valence-electron chi connectivity index (χ0n) is 10.5. The van der Waals surface area contributed by atoms with Gasteiger partial charge in [0.15, 0.2) is 0 Å². The second-order valence-electron chi connectivity index (χ2n) is 5.33. The molecule has 0 bridgehead atoms. The van der Waals surface area contributed by atoms with Gasteiger partial charge in [0.2, 0.25) is 5.91 Å². The number of para-hydroxylation sites is 1. The fourth-order valence-electron chi connectivity index (χ4n) is 3.05. The van der Waals surface area contributed by atoms with Gasteiger partial charge in [-0.05, 0) is 43.2 Å². The third-order valence-corrected chi connectivity index (χ3v) is 4.09. The minimum absolute atomic E-state index is 0.197. The van der Waals surface area contributed by atoms with Crippen molar-refractivity contribution in [1.29, 1.82) is 0 Å². The molecule has 1 aromatic rings. The number of carbonyl (C=O) groups is 1. The average molecular weight is 241 g/mol. The largest absolute Gasteiger partial charge is 0.326 e. The molecule has 0 aliphatic heterocycles. The number of rotatable bonds is 2. The van der Waals surface area contributed by atoms with Crippen molar-refractivity contribution in [2.45, 2.75) is 25.7 Å². The second-order valence-corrected chi connectivity index (χ2v) is 5.33. The Bertz CT molecular complexity index is 451. The molecule has 1 fully saturated rings. The number of nitrogens with one attached hydrogen (secondary N) is 1. The molecule has 2 heteroatoms. The summed E-state index contributed by atoms with van der Waals surface area (Å²) in [6, 6.07) is 9.75. The Kier molecular flexibility index (Phi) is 3.18. The normalized spacial score (nSPS) is 29.9. The molecule has 2 nitrogen and oxygen atoms in total. The van der Waals surface area contributed by atoms with Gasteiger partial charge in [0.25, 0.3) is 0 Å². The summed E-state index contributed by atoms with van der Waals surface area (Å²) < 4.78 is 0. The maximum Gasteiger partial charge on any atom is 0.228 e. The zero-order chi connectivity index (χ0) is 12.4. The zero-order valence-corrected chi connectivity index (χ0v) is 10.5. The quantitative estimate of drug-likeness (QED) is 0.787. The summed E-state index contributed by atoms with van der Waals surface area (Å²) in [5.41, 5.74) is 0.908. The standard InChI is InChI=1S/C16H19NO/c18-16(17-12-8-4-3-5-9-12)15-13-10-6-1-2-7-11-14(13)15/h3-6,8-10,13-15H,1-2,7,11H2,(H,17,18)/t13-,14-,15+/m0/s1. The van der Waals surface area contributed by atoms with Crippen LogP contribution in [-0.2, 0) is 4.79 Å². The molecule has 0 aromatic heterocycles. The van der Waals surface area contributed by atoms with E-state index in [2.05, 4.69) is 17.5 Å². The van der Waals surface area contributed by atoms with E-state index in [9.17, 15) is 4.79 Å². The highest BCUT2D eigenvalue weighted by atomic mass is 16.2. The van der Waals surface area contributed by atoms with Crippen LogP contribution in [0.25, 0.3) is 0 Å². The number of hydrogen-bond donors (Lipinski definition) is 1. The van der Waals surface area contributed by atoms with E-state index in [1.54, 1.807) is 0 Å². The summed E-state index contributed by atoms with van der Waals surface area (Å²) >= 11 is 0. The van der Waals surface area contributed by atoms with Crippen molar-refractivity contribution in [2.75, 3.05) is 5.32 Å². The Morgan fingerprint density at radius 3 is 2.83 bits per heavy atom. The van der Waals surface area contributed by atoms with Crippen LogP contribution >= 0.6 is 0 Å². The molecule has 18 heavy (non-hydrogen) atoms. The Morgan fingerprint density at radius 1 is 1.17 bits per heavy atom. The van der Waals surface area contributed by atoms with Gasteiger partial charge in [-0.15, -0.1) is 0 Å². The van der Waals surface area contributed by atoms with E-state index < -0.39 is 0 Å². The van der Waals surface area contributed by atoms with Crippen molar-refractivity contribution in [3.8, 4) is 0 Å². The fraction of sp³-hybridized carbons (Fsp3) is 0.438. The van der Waals surface area contributed by atoms with Gasteiger partial charge in [-0.3, -0.25) is 4.79 Å². The van der Waals surface area contributed by atoms with Crippen LogP contribution < -0.4 is 5.32 Å². The molecule has 0 saturated heterocycles. The van der Waals surface area contributed by atoms with Crippen molar-refractivity contribution in [1.82, 2.24) is 0 Å². The van der Waals surface area contributed by atoms with Gasteiger partial charge in [0, 0.05) is 11.6 Å². The van der Waals surface area contributed by atoms with Gasteiger partial charge in [-0.25, -0.2) is 0 Å². The molecule has 3 atom stereocenters. The number of carbonyl (C=O) groups excluding carboxylic acids is 1. The third-order valence-electron chi connectivity index (χ3n) is 4.09. The van der Waals surface area contributed by atoms with Gasteiger partial charge < -0.3 is 5.32 Å². The maximum absolute atomic E-state index is 12.2. The van der Waals surface area contributed by atoms with E-state index in [1.165, 1.54) is 25.7 Å². The average Bonchev–Trinajstić information content (AvgIpc) is 3.02. The molecule has 0 unspecified atom stereocenters. The molecule has 0 spiro atoms. The number of amides is 1. The van der Waals surface area contributed by atoms with E-state index in [0.717, 1.165) is 5.69 Å². The lowest BCUT2D eigenvalue weighted by molar-refractivity contribution is -0.117. The first-order valence-corrected chi connectivity index (χ1v) is 6.89. The minimum Gasteiger partial charge on any atom is -0.326 e. The van der Waals surface area contributed by atoms with Crippen LogP contribution in [0.2, 0.25) is 0 Å². The van der Waals surface area contributed by atoms with Crippen LogP contribution in [0.1, 0.15) is 25.7 Å². The molecule has 0 radical (unpaired) electrons. The molecule has 3 rings (SSSR count). The van der Waals surface area contributed by atoms with Gasteiger partial charge in [0.1, 0.15) is 0 Å². The summed E-state index contributed by atoms with van der Waals surface area (Å²) in [5, 5.41) is 3.03. The van der Waals surface area contributed by atoms with Crippen LogP contribution in [0.5, 0.6) is 0 Å². The van der Waals surface area contributed by atoms with E-state index in [4.69, 9.17) is 0 Å². The van der Waals surface area contributed by atoms with Crippen LogP contribution in [0.15, 0.2) is 42.5 Å². The first-order valence-electron chi connectivity index (χ1n) is 6.89. The van der Waals surface area contributed by atoms with E-state index in [0.29, 0.717) is 11.8 Å². The second kappa shape index (κ2) is 4.97. The predicted octanol–water partition coefficient (Wildman–Crippen LogP) is 3.62. The Hall–Kier alpha value is -1.57. The summed E-state index contributed by atoms with van der Waals surface area (Å²) in [6.45, 7) is 0. The van der Waals surface area contributed by atoms with Gasteiger partial charge in [0.05, 0.1) is 0 Å². The number of anilines is 1. The van der Waals surface area contributed by atoms with Crippen molar-refractivity contribution in [2.24, 2.45) is 17.8 Å². The van der Waals surface area contributed by atoms with Crippen LogP contribution in [0, 0.1) is 17.8 Å². The molecule has 1 N–H and O–H groups in total. The molecule has 1 saturated carbocycles. The smallest absolute Gasteiger partial charge is 0.228 e. The first-order chi connectivity index (χ1) is 8.86. The maximum atomic E-state index is 12.2. The molecular formula is C16H19NO. The highest BCUT2D eigenvalue weighted by Gasteiger charge is 2.52. The lowest BCUT2D eigenvalue weighted by Crippen LogP contribution is -2.15. The third kappa shape index (κ3) is 2.33. The molecule has 94 valence electrons. The molecular weight excluding hydrogens is 222 g/mol. The highest BCUT2D eigenvalue weighted by Crippen LogP contribution is 2.51. The Labute approximate surface area is 108 Å². The number of fused-ring (bicyclic) bond motifs is 1. The summed E-state index contributed by atoms with van der Waals surface area (Å²) in [4.78, 5) is 12.2. The van der Waals surface area contributed by atoms with Crippen LogP contribution in [-0.4, -0.2) is 5.91 Å². The first kappa shape index (κ1) is 11.5. The fourth-order valence-corrected chi connectivity index (χ4v) is 3.05. The minimum atomic E-state index is 0.197. The summed E-state index contributed by atoms with van der Waals surface area (Å²) in [7, 11) is 0. The number of hydrogen-bond acceptors (Lipinski definition) is 1. The summed E-state index contributed by atoms with van der Waals surface area (Å²) in [5.74, 6) is 1.49. The van der Waals surface area contributed by atoms with Crippen LogP contribution in [0.4, 0.5) is 5.69 Å². The molecule has 2 aliphatic carbocycles. The summed E-state index contributed by atoms with van der Waals surface area (Å²) in [6.07, 6.45) is 9.44. The van der Waals surface area contributed by atoms with Crippen molar-refractivity contribution >= 4 is 11.6 Å². The number of benzene rings is 1. The monoisotopic (exact) mass is 241 g/mol. The van der Waals surface area contributed by atoms with Gasteiger partial charge >= 0.3 is 0 Å². The van der Waals surface area contributed by atoms with Gasteiger partial charge in [-0.1, -0.05) is 36.8 Å². The Balaban J connectivity index is 1.64. The van der Waals surface area contributed by atoms with E-state index in [1.807, 2.05) is 30.3 Å². The lowest BCUT2D eigenvalue weighted by atomic mass is 10.1. The predicted molar refractivity (Wildman–Crippen MR) is 73.1 cm³/mol. The van der Waals surface area contributed by atoms with Gasteiger partial charge in [-0.2, -0.15) is 0 Å². The van der Waals surface area contributed by atoms with Crippen molar-refractivity contribution in [3.63, 3.8) is 0 Å². The molecule has 1 amide bonds. The molecule has 2 aliphatic rings. The molecule has 1 aromatic carbocycles. The highest BCUT2D eigenvalue weighted by molar-refractivity contribution is 5.95. The Morgan fingerprint density at radius 2 is 2.00 bits per heavy atom. The van der Waals surface area contributed by atoms with Crippen LogP contribution in [0.3, 0.4) is 0 Å².